The smallest absolute Gasteiger partial charge is 0.240 e. The number of anilines is 1. The van der Waals surface area contributed by atoms with Crippen molar-refractivity contribution < 1.29 is 4.79 Å². The minimum atomic E-state index is 0.163. The van der Waals surface area contributed by atoms with Crippen LogP contribution in [0.5, 0.6) is 0 Å². The van der Waals surface area contributed by atoms with E-state index in [1.165, 1.54) is 5.56 Å². The van der Waals surface area contributed by atoms with Crippen molar-refractivity contribution in [2.45, 2.75) is 19.8 Å². The summed E-state index contributed by atoms with van der Waals surface area (Å²) >= 11 is 0. The number of amides is 1. The van der Waals surface area contributed by atoms with Crippen molar-refractivity contribution in [3.63, 3.8) is 0 Å². The molecule has 1 aliphatic heterocycles. The molecular formula is C16H25N3O. The maximum absolute atomic E-state index is 12.3. The number of hydrogen-bond acceptors (Lipinski definition) is 3. The lowest BCUT2D eigenvalue weighted by Gasteiger charge is -2.23. The molecule has 0 bridgehead atoms. The summed E-state index contributed by atoms with van der Waals surface area (Å²) in [7, 11) is 1.86. The number of carbonyl (C=O) groups excluding carboxylic acids is 1. The van der Waals surface area contributed by atoms with E-state index in [1.807, 2.05) is 19.2 Å². The first-order valence-electron chi connectivity index (χ1n) is 7.49. The van der Waals surface area contributed by atoms with Gasteiger partial charge in [-0.1, -0.05) is 19.1 Å². The molecule has 0 unspecified atom stereocenters. The van der Waals surface area contributed by atoms with Crippen LogP contribution in [0.2, 0.25) is 0 Å². The first-order chi connectivity index (χ1) is 9.70. The molecule has 1 saturated heterocycles. The number of rotatable bonds is 4. The molecule has 1 aromatic rings. The van der Waals surface area contributed by atoms with Gasteiger partial charge in [-0.2, -0.15) is 0 Å². The minimum absolute atomic E-state index is 0.163. The Bertz CT molecular complexity index is 422. The number of benzene rings is 1. The molecule has 1 aromatic carbocycles. The molecule has 4 nitrogen and oxygen atoms in total. The largest absolute Gasteiger partial charge is 0.315 e. The fraction of sp³-hybridized carbons (Fsp3) is 0.562. The van der Waals surface area contributed by atoms with Crippen molar-refractivity contribution in [1.82, 2.24) is 10.2 Å². The lowest BCUT2D eigenvalue weighted by Crippen LogP contribution is -2.39. The third kappa shape index (κ3) is 4.05. The zero-order valence-electron chi connectivity index (χ0n) is 12.6. The SMILES string of the molecule is CCc1ccc(N(C)C(=O)CN2CCCNCC2)cc1. The molecule has 1 aliphatic rings. The van der Waals surface area contributed by atoms with Gasteiger partial charge in [0.1, 0.15) is 0 Å². The number of likely N-dealkylation sites (N-methyl/N-ethyl adjacent to an activating group) is 1. The van der Waals surface area contributed by atoms with Crippen molar-refractivity contribution in [3.05, 3.63) is 29.8 Å². The molecule has 0 spiro atoms. The van der Waals surface area contributed by atoms with E-state index in [-0.39, 0.29) is 5.91 Å². The summed E-state index contributed by atoms with van der Waals surface area (Å²) in [6.45, 7) is 6.63. The second-order valence-corrected chi connectivity index (χ2v) is 5.35. The van der Waals surface area contributed by atoms with Gasteiger partial charge in [0.05, 0.1) is 6.54 Å². The summed E-state index contributed by atoms with van der Waals surface area (Å²) in [5.74, 6) is 0.163. The quantitative estimate of drug-likeness (QED) is 0.904. The third-order valence-corrected chi connectivity index (χ3v) is 3.90. The molecule has 0 saturated carbocycles. The second kappa shape index (κ2) is 7.41. The predicted molar refractivity (Wildman–Crippen MR) is 83.2 cm³/mol. The maximum Gasteiger partial charge on any atom is 0.240 e. The van der Waals surface area contributed by atoms with Crippen molar-refractivity contribution >= 4 is 11.6 Å². The van der Waals surface area contributed by atoms with E-state index in [0.717, 1.165) is 44.7 Å². The van der Waals surface area contributed by atoms with Crippen molar-refractivity contribution in [3.8, 4) is 0 Å². The Labute approximate surface area is 121 Å². The number of nitrogens with one attached hydrogen (secondary N) is 1. The average Bonchev–Trinajstić information content (AvgIpc) is 2.75. The van der Waals surface area contributed by atoms with Crippen molar-refractivity contribution in [1.29, 1.82) is 0 Å². The molecule has 0 aromatic heterocycles. The fourth-order valence-electron chi connectivity index (χ4n) is 2.46. The molecule has 1 amide bonds. The van der Waals surface area contributed by atoms with E-state index in [9.17, 15) is 4.79 Å². The van der Waals surface area contributed by atoms with Gasteiger partial charge >= 0.3 is 0 Å². The minimum Gasteiger partial charge on any atom is -0.315 e. The Kier molecular flexibility index (Phi) is 5.56. The van der Waals surface area contributed by atoms with Crippen LogP contribution in [-0.2, 0) is 11.2 Å². The number of hydrogen-bond donors (Lipinski definition) is 1. The van der Waals surface area contributed by atoms with Crippen molar-refractivity contribution in [2.75, 3.05) is 44.7 Å². The third-order valence-electron chi connectivity index (χ3n) is 3.90. The summed E-state index contributed by atoms with van der Waals surface area (Å²) in [5, 5.41) is 3.36. The predicted octanol–water partition coefficient (Wildman–Crippen LogP) is 1.51. The van der Waals surface area contributed by atoms with Crippen LogP contribution >= 0.6 is 0 Å². The van der Waals surface area contributed by atoms with Crippen LogP contribution in [0.25, 0.3) is 0 Å². The first kappa shape index (κ1) is 15.0. The van der Waals surface area contributed by atoms with Gasteiger partial charge in [-0.3, -0.25) is 9.69 Å². The van der Waals surface area contributed by atoms with Gasteiger partial charge in [0.15, 0.2) is 0 Å². The van der Waals surface area contributed by atoms with Gasteiger partial charge in [-0.25, -0.2) is 0 Å². The van der Waals surface area contributed by atoms with Crippen LogP contribution in [-0.4, -0.2) is 50.6 Å². The van der Waals surface area contributed by atoms with Crippen LogP contribution < -0.4 is 10.2 Å². The summed E-state index contributed by atoms with van der Waals surface area (Å²) in [6, 6.07) is 8.24. The molecule has 2 rings (SSSR count). The van der Waals surface area contributed by atoms with Gasteiger partial charge < -0.3 is 10.2 Å². The van der Waals surface area contributed by atoms with Crippen LogP contribution in [0.1, 0.15) is 18.9 Å². The molecule has 4 heteroatoms. The fourth-order valence-corrected chi connectivity index (χ4v) is 2.46. The Morgan fingerprint density at radius 1 is 1.25 bits per heavy atom. The van der Waals surface area contributed by atoms with Crippen molar-refractivity contribution in [2.24, 2.45) is 0 Å². The Hall–Kier alpha value is -1.39. The summed E-state index contributed by atoms with van der Waals surface area (Å²) < 4.78 is 0. The molecule has 110 valence electrons. The Morgan fingerprint density at radius 2 is 2.00 bits per heavy atom. The normalized spacial score (nSPS) is 16.7. The molecular weight excluding hydrogens is 250 g/mol. The number of nitrogens with zero attached hydrogens (tertiary/aromatic N) is 2. The Balaban J connectivity index is 1.92. The van der Waals surface area contributed by atoms with E-state index >= 15 is 0 Å². The number of carbonyl (C=O) groups is 1. The lowest BCUT2D eigenvalue weighted by atomic mass is 10.1. The lowest BCUT2D eigenvalue weighted by molar-refractivity contribution is -0.119. The molecule has 1 heterocycles. The van der Waals surface area contributed by atoms with E-state index < -0.39 is 0 Å². The van der Waals surface area contributed by atoms with E-state index in [4.69, 9.17) is 0 Å². The highest BCUT2D eigenvalue weighted by atomic mass is 16.2. The van der Waals surface area contributed by atoms with Crippen LogP contribution in [0.4, 0.5) is 5.69 Å². The molecule has 20 heavy (non-hydrogen) atoms. The molecule has 1 fully saturated rings. The Morgan fingerprint density at radius 3 is 2.70 bits per heavy atom. The van der Waals surface area contributed by atoms with Gasteiger partial charge in [-0.05, 0) is 43.6 Å². The zero-order valence-corrected chi connectivity index (χ0v) is 12.6. The van der Waals surface area contributed by atoms with Crippen LogP contribution in [0, 0.1) is 0 Å². The monoisotopic (exact) mass is 275 g/mol. The van der Waals surface area contributed by atoms with Crippen LogP contribution in [0.15, 0.2) is 24.3 Å². The average molecular weight is 275 g/mol. The van der Waals surface area contributed by atoms with Gasteiger partial charge in [0.2, 0.25) is 5.91 Å². The standard InChI is InChI=1S/C16H25N3O/c1-3-14-5-7-15(8-6-14)18(2)16(20)13-19-11-4-9-17-10-12-19/h5-8,17H,3-4,9-13H2,1-2H3. The maximum atomic E-state index is 12.3. The summed E-state index contributed by atoms with van der Waals surface area (Å²) in [6.07, 6.45) is 2.14. The van der Waals surface area contributed by atoms with Gasteiger partial charge in [-0.15, -0.1) is 0 Å². The first-order valence-corrected chi connectivity index (χ1v) is 7.49. The van der Waals surface area contributed by atoms with Gasteiger partial charge in [0.25, 0.3) is 0 Å². The summed E-state index contributed by atoms with van der Waals surface area (Å²) in [4.78, 5) is 16.3. The van der Waals surface area contributed by atoms with E-state index in [0.29, 0.717) is 6.54 Å². The van der Waals surface area contributed by atoms with Crippen LogP contribution in [0.3, 0.4) is 0 Å². The molecule has 0 radical (unpaired) electrons. The highest BCUT2D eigenvalue weighted by Gasteiger charge is 2.16. The summed E-state index contributed by atoms with van der Waals surface area (Å²) in [5.41, 5.74) is 2.27. The highest BCUT2D eigenvalue weighted by molar-refractivity contribution is 5.94. The highest BCUT2D eigenvalue weighted by Crippen LogP contribution is 2.14. The van der Waals surface area contributed by atoms with E-state index in [1.54, 1.807) is 4.90 Å². The zero-order chi connectivity index (χ0) is 14.4. The topological polar surface area (TPSA) is 35.6 Å². The molecule has 0 atom stereocenters. The number of aryl methyl sites for hydroxylation is 1. The molecule has 1 N–H and O–H groups in total. The van der Waals surface area contributed by atoms with E-state index in [2.05, 4.69) is 29.3 Å². The molecule has 0 aliphatic carbocycles. The van der Waals surface area contributed by atoms with Gasteiger partial charge in [0, 0.05) is 25.8 Å². The second-order valence-electron chi connectivity index (χ2n) is 5.35.